The minimum atomic E-state index is 0.420. The van der Waals surface area contributed by atoms with E-state index in [1.165, 1.54) is 12.2 Å². The predicted molar refractivity (Wildman–Crippen MR) is 85.1 cm³/mol. The molecule has 2 heterocycles. The molecule has 4 nitrogen and oxygen atoms in total. The van der Waals surface area contributed by atoms with Crippen LogP contribution in [0.5, 0.6) is 0 Å². The molecule has 0 spiro atoms. The summed E-state index contributed by atoms with van der Waals surface area (Å²) >= 11 is 3.78. The van der Waals surface area contributed by atoms with Crippen LogP contribution < -0.4 is 5.32 Å². The van der Waals surface area contributed by atoms with Gasteiger partial charge in [-0.1, -0.05) is 32.1 Å². The predicted octanol–water partition coefficient (Wildman–Crippen LogP) is 3.08. The van der Waals surface area contributed by atoms with Crippen molar-refractivity contribution in [3.05, 3.63) is 5.01 Å². The molecular weight excluding hydrogens is 276 g/mol. The van der Waals surface area contributed by atoms with Gasteiger partial charge in [-0.05, 0) is 19.4 Å². The number of nitrogens with one attached hydrogen (secondary N) is 1. The standard InChI is InChI=1S/C13H24N4S2/c1-4-6-14-12-16-15-11(19-12)10-17-7-5-13(2,3)18-9-8-17/h4-10H2,1-3H3,(H,14,16). The molecular formula is C13H24N4S2. The first-order chi connectivity index (χ1) is 9.09. The van der Waals surface area contributed by atoms with E-state index in [-0.39, 0.29) is 0 Å². The first kappa shape index (κ1) is 15.1. The third-order valence-corrected chi connectivity index (χ3v) is 5.52. The molecule has 0 unspecified atom stereocenters. The monoisotopic (exact) mass is 300 g/mol. The molecule has 0 atom stereocenters. The molecule has 1 saturated heterocycles. The van der Waals surface area contributed by atoms with Crippen molar-refractivity contribution >= 4 is 28.2 Å². The van der Waals surface area contributed by atoms with Gasteiger partial charge in [-0.25, -0.2) is 0 Å². The van der Waals surface area contributed by atoms with Crippen molar-refractivity contribution in [3.8, 4) is 0 Å². The average Bonchev–Trinajstić information content (AvgIpc) is 2.73. The summed E-state index contributed by atoms with van der Waals surface area (Å²) in [6.45, 7) is 11.1. The Bertz CT molecular complexity index is 392. The zero-order chi connectivity index (χ0) is 13.7. The average molecular weight is 300 g/mol. The van der Waals surface area contributed by atoms with Crippen LogP contribution in [0.3, 0.4) is 0 Å². The number of thioether (sulfide) groups is 1. The van der Waals surface area contributed by atoms with E-state index in [1.54, 1.807) is 11.3 Å². The topological polar surface area (TPSA) is 41.1 Å². The van der Waals surface area contributed by atoms with Gasteiger partial charge in [0.05, 0.1) is 6.54 Å². The fraction of sp³-hybridized carbons (Fsp3) is 0.846. The third kappa shape index (κ3) is 4.93. The van der Waals surface area contributed by atoms with Crippen molar-refractivity contribution in [2.45, 2.75) is 44.9 Å². The van der Waals surface area contributed by atoms with Gasteiger partial charge in [0.25, 0.3) is 0 Å². The molecule has 1 fully saturated rings. The van der Waals surface area contributed by atoms with E-state index >= 15 is 0 Å². The SMILES string of the molecule is CCCNc1nnc(CN2CCSC(C)(C)CC2)s1. The highest BCUT2D eigenvalue weighted by atomic mass is 32.2. The van der Waals surface area contributed by atoms with E-state index in [0.717, 1.165) is 42.7 Å². The van der Waals surface area contributed by atoms with Crippen molar-refractivity contribution in [2.24, 2.45) is 0 Å². The summed E-state index contributed by atoms with van der Waals surface area (Å²) in [6.07, 6.45) is 2.37. The lowest BCUT2D eigenvalue weighted by atomic mass is 10.1. The second-order valence-corrected chi connectivity index (χ2v) is 8.43. The van der Waals surface area contributed by atoms with Gasteiger partial charge in [0.15, 0.2) is 0 Å². The van der Waals surface area contributed by atoms with Crippen LogP contribution in [-0.2, 0) is 6.54 Å². The van der Waals surface area contributed by atoms with Gasteiger partial charge in [-0.15, -0.1) is 10.2 Å². The number of hydrogen-bond acceptors (Lipinski definition) is 6. The molecule has 1 aliphatic heterocycles. The van der Waals surface area contributed by atoms with Crippen molar-refractivity contribution in [2.75, 3.05) is 30.7 Å². The molecule has 0 bridgehead atoms. The van der Waals surface area contributed by atoms with E-state index < -0.39 is 0 Å². The van der Waals surface area contributed by atoms with Crippen LogP contribution in [0.25, 0.3) is 0 Å². The maximum atomic E-state index is 4.29. The van der Waals surface area contributed by atoms with Gasteiger partial charge in [-0.2, -0.15) is 11.8 Å². The lowest BCUT2D eigenvalue weighted by molar-refractivity contribution is 0.275. The highest BCUT2D eigenvalue weighted by Crippen LogP contribution is 2.31. The zero-order valence-electron chi connectivity index (χ0n) is 12.1. The minimum Gasteiger partial charge on any atom is -0.360 e. The summed E-state index contributed by atoms with van der Waals surface area (Å²) < 4.78 is 0.420. The molecule has 2 rings (SSSR count). The fourth-order valence-electron chi connectivity index (χ4n) is 2.03. The first-order valence-electron chi connectivity index (χ1n) is 7.01. The molecule has 19 heavy (non-hydrogen) atoms. The highest BCUT2D eigenvalue weighted by Gasteiger charge is 2.24. The van der Waals surface area contributed by atoms with E-state index in [2.05, 4.69) is 52.9 Å². The Morgan fingerprint density at radius 3 is 2.95 bits per heavy atom. The normalized spacial score (nSPS) is 20.2. The fourth-order valence-corrected chi connectivity index (χ4v) is 3.98. The van der Waals surface area contributed by atoms with Gasteiger partial charge < -0.3 is 5.32 Å². The summed E-state index contributed by atoms with van der Waals surface area (Å²) in [4.78, 5) is 2.51. The summed E-state index contributed by atoms with van der Waals surface area (Å²) in [5.74, 6) is 1.22. The largest absolute Gasteiger partial charge is 0.360 e. The Morgan fingerprint density at radius 2 is 2.16 bits per heavy atom. The van der Waals surface area contributed by atoms with E-state index in [9.17, 15) is 0 Å². The van der Waals surface area contributed by atoms with Gasteiger partial charge in [0.2, 0.25) is 5.13 Å². The maximum absolute atomic E-state index is 4.29. The van der Waals surface area contributed by atoms with Gasteiger partial charge >= 0.3 is 0 Å². The summed E-state index contributed by atoms with van der Waals surface area (Å²) in [7, 11) is 0. The Hall–Kier alpha value is -0.330. The van der Waals surface area contributed by atoms with Crippen molar-refractivity contribution < 1.29 is 0 Å². The van der Waals surface area contributed by atoms with E-state index in [4.69, 9.17) is 0 Å². The molecule has 0 aromatic carbocycles. The van der Waals surface area contributed by atoms with Crippen LogP contribution in [0, 0.1) is 0 Å². The summed E-state index contributed by atoms with van der Waals surface area (Å²) in [5, 5.41) is 13.9. The number of anilines is 1. The third-order valence-electron chi connectivity index (χ3n) is 3.28. The summed E-state index contributed by atoms with van der Waals surface area (Å²) in [6, 6.07) is 0. The zero-order valence-corrected chi connectivity index (χ0v) is 13.7. The Morgan fingerprint density at radius 1 is 1.32 bits per heavy atom. The minimum absolute atomic E-state index is 0.420. The second kappa shape index (κ2) is 6.90. The van der Waals surface area contributed by atoms with Crippen LogP contribution in [0.1, 0.15) is 38.6 Å². The lowest BCUT2D eigenvalue weighted by Crippen LogP contribution is -2.26. The number of rotatable bonds is 5. The maximum Gasteiger partial charge on any atom is 0.205 e. The molecule has 0 aliphatic carbocycles. The first-order valence-corrected chi connectivity index (χ1v) is 8.82. The molecule has 1 aromatic heterocycles. The van der Waals surface area contributed by atoms with Gasteiger partial charge in [-0.3, -0.25) is 4.90 Å². The Labute approximate surface area is 124 Å². The Kier molecular flexibility index (Phi) is 5.47. The van der Waals surface area contributed by atoms with Crippen molar-refractivity contribution in [1.82, 2.24) is 15.1 Å². The lowest BCUT2D eigenvalue weighted by Gasteiger charge is -2.21. The van der Waals surface area contributed by atoms with Gasteiger partial charge in [0.1, 0.15) is 5.01 Å². The van der Waals surface area contributed by atoms with Crippen LogP contribution in [0.15, 0.2) is 0 Å². The van der Waals surface area contributed by atoms with E-state index in [0.29, 0.717) is 4.75 Å². The molecule has 0 amide bonds. The molecule has 0 radical (unpaired) electrons. The number of hydrogen-bond donors (Lipinski definition) is 1. The van der Waals surface area contributed by atoms with E-state index in [1.807, 2.05) is 0 Å². The summed E-state index contributed by atoms with van der Waals surface area (Å²) in [5.41, 5.74) is 0. The van der Waals surface area contributed by atoms with Crippen LogP contribution >= 0.6 is 23.1 Å². The molecule has 1 aromatic rings. The quantitative estimate of drug-likeness (QED) is 0.905. The Balaban J connectivity index is 1.85. The molecule has 108 valence electrons. The highest BCUT2D eigenvalue weighted by molar-refractivity contribution is 8.00. The molecule has 6 heteroatoms. The molecule has 0 saturated carbocycles. The van der Waals surface area contributed by atoms with Crippen LogP contribution in [-0.4, -0.2) is 45.2 Å². The van der Waals surface area contributed by atoms with Gasteiger partial charge in [0, 0.05) is 23.6 Å². The number of aromatic nitrogens is 2. The van der Waals surface area contributed by atoms with Crippen molar-refractivity contribution in [1.29, 1.82) is 0 Å². The van der Waals surface area contributed by atoms with Crippen LogP contribution in [0.4, 0.5) is 5.13 Å². The van der Waals surface area contributed by atoms with Crippen molar-refractivity contribution in [3.63, 3.8) is 0 Å². The second-order valence-electron chi connectivity index (χ2n) is 5.56. The molecule has 1 aliphatic rings. The number of nitrogens with zero attached hydrogens (tertiary/aromatic N) is 3. The smallest absolute Gasteiger partial charge is 0.205 e. The van der Waals surface area contributed by atoms with Crippen LogP contribution in [0.2, 0.25) is 0 Å². The molecule has 1 N–H and O–H groups in total.